The van der Waals surface area contributed by atoms with Gasteiger partial charge in [-0.15, -0.1) is 0 Å². The van der Waals surface area contributed by atoms with Gasteiger partial charge >= 0.3 is 0 Å². The molecule has 1 aromatic carbocycles. The number of hydrogen-bond acceptors (Lipinski definition) is 6. The van der Waals surface area contributed by atoms with Crippen molar-refractivity contribution < 1.29 is 4.79 Å². The van der Waals surface area contributed by atoms with Crippen LogP contribution in [0.25, 0.3) is 22.0 Å². The normalized spacial score (nSPS) is 15.5. The number of hydrogen-bond donors (Lipinski definition) is 2. The van der Waals surface area contributed by atoms with E-state index in [2.05, 4.69) is 32.7 Å². The Bertz CT molecular complexity index is 1140. The van der Waals surface area contributed by atoms with Gasteiger partial charge in [0.15, 0.2) is 11.0 Å². The molecule has 0 radical (unpaired) electrons. The number of thiazole rings is 1. The zero-order valence-corrected chi connectivity index (χ0v) is 18.9. The molecule has 1 saturated carbocycles. The van der Waals surface area contributed by atoms with Crippen LogP contribution in [0.1, 0.15) is 49.4 Å². The molecule has 1 fully saturated rings. The lowest BCUT2D eigenvalue weighted by Gasteiger charge is -2.16. The van der Waals surface area contributed by atoms with Crippen LogP contribution in [0.5, 0.6) is 0 Å². The summed E-state index contributed by atoms with van der Waals surface area (Å²) in [6, 6.07) is 6.69. The summed E-state index contributed by atoms with van der Waals surface area (Å²) in [5.41, 5.74) is 5.00. The van der Waals surface area contributed by atoms with E-state index >= 15 is 0 Å². The van der Waals surface area contributed by atoms with Gasteiger partial charge in [0.25, 0.3) is 0 Å². The molecule has 0 spiro atoms. The van der Waals surface area contributed by atoms with Gasteiger partial charge < -0.3 is 10.6 Å². The quantitative estimate of drug-likeness (QED) is 0.567. The molecule has 8 heteroatoms. The molecule has 2 aliphatic carbocycles. The van der Waals surface area contributed by atoms with Crippen molar-refractivity contribution in [3.05, 3.63) is 46.2 Å². The SMILES string of the molecule is CC(=O)Nc1nc2c(s1)-c1nc(-c3cc(CNC4CCCC4)ccc3Cl)ncc1CC2. The first-order valence-corrected chi connectivity index (χ1v) is 11.9. The third-order valence-electron chi connectivity index (χ3n) is 5.91. The zero-order chi connectivity index (χ0) is 21.4. The number of aromatic nitrogens is 3. The fraction of sp³-hybridized carbons (Fsp3) is 0.391. The molecule has 0 unspecified atom stereocenters. The van der Waals surface area contributed by atoms with Gasteiger partial charge in [-0.05, 0) is 48.9 Å². The van der Waals surface area contributed by atoms with Gasteiger partial charge in [0.05, 0.1) is 21.3 Å². The van der Waals surface area contributed by atoms with Crippen molar-refractivity contribution in [1.29, 1.82) is 0 Å². The van der Waals surface area contributed by atoms with Gasteiger partial charge in [-0.3, -0.25) is 4.79 Å². The second-order valence-electron chi connectivity index (χ2n) is 8.22. The molecule has 0 bridgehead atoms. The summed E-state index contributed by atoms with van der Waals surface area (Å²) >= 11 is 8.01. The Balaban J connectivity index is 1.45. The number of rotatable bonds is 5. The maximum absolute atomic E-state index is 11.4. The van der Waals surface area contributed by atoms with Crippen molar-refractivity contribution in [3.63, 3.8) is 0 Å². The molecule has 160 valence electrons. The molecule has 2 aromatic heterocycles. The first kappa shape index (κ1) is 20.5. The predicted octanol–water partition coefficient (Wildman–Crippen LogP) is 5.01. The minimum Gasteiger partial charge on any atom is -0.310 e. The highest BCUT2D eigenvalue weighted by atomic mass is 35.5. The van der Waals surface area contributed by atoms with Gasteiger partial charge in [0.2, 0.25) is 5.91 Å². The average molecular weight is 454 g/mol. The van der Waals surface area contributed by atoms with Crippen LogP contribution in [0.2, 0.25) is 5.02 Å². The van der Waals surface area contributed by atoms with E-state index in [0.29, 0.717) is 22.0 Å². The number of carbonyl (C=O) groups excluding carboxylic acids is 1. The standard InChI is InChI=1S/C23H24ClN5OS/c1-13(30)27-23-28-19-9-7-15-12-26-22(29-20(15)21(19)31-23)17-10-14(6-8-18(17)24)11-25-16-4-2-3-5-16/h6,8,10,12,16,25H,2-5,7,9,11H2,1H3,(H,27,28,30). The van der Waals surface area contributed by atoms with Gasteiger partial charge in [-0.1, -0.05) is 41.8 Å². The van der Waals surface area contributed by atoms with Crippen LogP contribution in [0.15, 0.2) is 24.4 Å². The maximum Gasteiger partial charge on any atom is 0.223 e. The summed E-state index contributed by atoms with van der Waals surface area (Å²) in [5, 5.41) is 7.70. The third kappa shape index (κ3) is 4.35. The maximum atomic E-state index is 11.4. The number of fused-ring (bicyclic) bond motifs is 3. The van der Waals surface area contributed by atoms with Gasteiger partial charge in [0, 0.05) is 31.3 Å². The highest BCUT2D eigenvalue weighted by Gasteiger charge is 2.24. The lowest BCUT2D eigenvalue weighted by molar-refractivity contribution is -0.114. The van der Waals surface area contributed by atoms with E-state index < -0.39 is 0 Å². The number of nitrogens with one attached hydrogen (secondary N) is 2. The molecular formula is C23H24ClN5OS. The summed E-state index contributed by atoms with van der Waals surface area (Å²) in [7, 11) is 0. The minimum atomic E-state index is -0.121. The van der Waals surface area contributed by atoms with Crippen LogP contribution in [0.3, 0.4) is 0 Å². The number of benzene rings is 1. The Morgan fingerprint density at radius 3 is 2.87 bits per heavy atom. The van der Waals surface area contributed by atoms with Crippen molar-refractivity contribution in [2.24, 2.45) is 0 Å². The van der Waals surface area contributed by atoms with E-state index in [-0.39, 0.29) is 5.91 Å². The van der Waals surface area contributed by atoms with E-state index in [1.165, 1.54) is 49.5 Å². The second kappa shape index (κ2) is 8.65. The van der Waals surface area contributed by atoms with E-state index in [9.17, 15) is 4.79 Å². The molecule has 2 aliphatic rings. The molecule has 0 aliphatic heterocycles. The van der Waals surface area contributed by atoms with Crippen molar-refractivity contribution in [2.45, 2.75) is 58.0 Å². The Morgan fingerprint density at radius 2 is 2.06 bits per heavy atom. The Hall–Kier alpha value is -2.35. The van der Waals surface area contributed by atoms with Crippen molar-refractivity contribution in [3.8, 4) is 22.0 Å². The molecule has 3 aromatic rings. The van der Waals surface area contributed by atoms with Crippen LogP contribution >= 0.6 is 22.9 Å². The van der Waals surface area contributed by atoms with Crippen molar-refractivity contribution in [2.75, 3.05) is 5.32 Å². The summed E-state index contributed by atoms with van der Waals surface area (Å²) in [4.78, 5) is 26.5. The molecule has 5 rings (SSSR count). The summed E-state index contributed by atoms with van der Waals surface area (Å²) in [6.07, 6.45) is 8.71. The number of amides is 1. The van der Waals surface area contributed by atoms with Crippen LogP contribution < -0.4 is 10.6 Å². The number of halogens is 1. The lowest BCUT2D eigenvalue weighted by Crippen LogP contribution is -2.25. The van der Waals surface area contributed by atoms with E-state index in [1.807, 2.05) is 12.3 Å². The van der Waals surface area contributed by atoms with Gasteiger partial charge in [0.1, 0.15) is 0 Å². The Kier molecular flexibility index (Phi) is 5.73. The highest BCUT2D eigenvalue weighted by molar-refractivity contribution is 7.19. The van der Waals surface area contributed by atoms with E-state index in [4.69, 9.17) is 16.6 Å². The van der Waals surface area contributed by atoms with Crippen molar-refractivity contribution in [1.82, 2.24) is 20.3 Å². The highest BCUT2D eigenvalue weighted by Crippen LogP contribution is 2.39. The van der Waals surface area contributed by atoms with Crippen LogP contribution in [-0.4, -0.2) is 26.9 Å². The fourth-order valence-corrected chi connectivity index (χ4v) is 5.61. The molecule has 0 saturated heterocycles. The Morgan fingerprint density at radius 1 is 1.23 bits per heavy atom. The molecule has 2 heterocycles. The second-order valence-corrected chi connectivity index (χ2v) is 9.63. The molecule has 6 nitrogen and oxygen atoms in total. The molecule has 31 heavy (non-hydrogen) atoms. The number of nitrogens with zero attached hydrogens (tertiary/aromatic N) is 3. The number of anilines is 1. The fourth-order valence-electron chi connectivity index (χ4n) is 4.33. The zero-order valence-electron chi connectivity index (χ0n) is 17.4. The first-order valence-electron chi connectivity index (χ1n) is 10.7. The summed E-state index contributed by atoms with van der Waals surface area (Å²) in [6.45, 7) is 2.31. The summed E-state index contributed by atoms with van der Waals surface area (Å²) in [5.74, 6) is 0.498. The van der Waals surface area contributed by atoms with Crippen LogP contribution in [0.4, 0.5) is 5.13 Å². The van der Waals surface area contributed by atoms with Gasteiger partial charge in [-0.2, -0.15) is 0 Å². The predicted molar refractivity (Wildman–Crippen MR) is 124 cm³/mol. The van der Waals surface area contributed by atoms with Crippen molar-refractivity contribution >= 4 is 34.0 Å². The molecule has 0 atom stereocenters. The molecular weight excluding hydrogens is 430 g/mol. The number of aryl methyl sites for hydroxylation is 2. The molecule has 2 N–H and O–H groups in total. The Labute approximate surface area is 190 Å². The summed E-state index contributed by atoms with van der Waals surface area (Å²) < 4.78 is 0. The number of carbonyl (C=O) groups is 1. The smallest absolute Gasteiger partial charge is 0.223 e. The minimum absolute atomic E-state index is 0.121. The van der Waals surface area contributed by atoms with E-state index in [0.717, 1.165) is 46.8 Å². The average Bonchev–Trinajstić information content (AvgIpc) is 3.42. The van der Waals surface area contributed by atoms with Crippen LogP contribution in [0, 0.1) is 0 Å². The first-order chi connectivity index (χ1) is 15.1. The largest absolute Gasteiger partial charge is 0.310 e. The lowest BCUT2D eigenvalue weighted by atomic mass is 9.99. The van der Waals surface area contributed by atoms with Gasteiger partial charge in [-0.25, -0.2) is 15.0 Å². The molecule has 1 amide bonds. The van der Waals surface area contributed by atoms with E-state index in [1.54, 1.807) is 0 Å². The third-order valence-corrected chi connectivity index (χ3v) is 7.26. The monoisotopic (exact) mass is 453 g/mol. The topological polar surface area (TPSA) is 79.8 Å². The van der Waals surface area contributed by atoms with Crippen LogP contribution in [-0.2, 0) is 24.2 Å².